The second-order valence-electron chi connectivity index (χ2n) is 6.06. The van der Waals surface area contributed by atoms with Crippen molar-refractivity contribution in [2.24, 2.45) is 0 Å². The maximum Gasteiger partial charge on any atom is 0.243 e. The van der Waals surface area contributed by atoms with Crippen LogP contribution in [0.25, 0.3) is 0 Å². The number of morpholine rings is 1. The van der Waals surface area contributed by atoms with Crippen molar-refractivity contribution in [1.29, 1.82) is 0 Å². The summed E-state index contributed by atoms with van der Waals surface area (Å²) in [5, 5.41) is 0. The fourth-order valence-electron chi connectivity index (χ4n) is 2.83. The number of hydrogen-bond donors (Lipinski definition) is 1. The van der Waals surface area contributed by atoms with Gasteiger partial charge in [-0.15, -0.1) is 0 Å². The molecule has 0 spiro atoms. The van der Waals surface area contributed by atoms with Gasteiger partial charge in [0.25, 0.3) is 0 Å². The molecule has 26 heavy (non-hydrogen) atoms. The molecular weight excluding hydrogens is 362 g/mol. The van der Waals surface area contributed by atoms with Gasteiger partial charge >= 0.3 is 0 Å². The molecule has 1 heterocycles. The number of benzene rings is 2. The second-order valence-corrected chi connectivity index (χ2v) is 7.79. The van der Waals surface area contributed by atoms with Gasteiger partial charge in [0, 0.05) is 32.2 Å². The lowest BCUT2D eigenvalue weighted by atomic mass is 10.1. The minimum absolute atomic E-state index is 0.0274. The van der Waals surface area contributed by atoms with Crippen LogP contribution in [0.1, 0.15) is 11.1 Å². The van der Waals surface area contributed by atoms with Crippen LogP contribution in [0, 0.1) is 11.6 Å². The molecule has 5 nitrogen and oxygen atoms in total. The average molecular weight is 382 g/mol. The molecule has 0 radical (unpaired) electrons. The summed E-state index contributed by atoms with van der Waals surface area (Å²) in [6.45, 7) is 3.71. The van der Waals surface area contributed by atoms with Crippen LogP contribution in [-0.2, 0) is 27.8 Å². The van der Waals surface area contributed by atoms with Gasteiger partial charge in [0.05, 0.1) is 13.2 Å². The Hall–Kier alpha value is -1.87. The summed E-state index contributed by atoms with van der Waals surface area (Å²) >= 11 is 0. The lowest BCUT2D eigenvalue weighted by molar-refractivity contribution is 0.0341. The number of ether oxygens (including phenoxy) is 1. The van der Waals surface area contributed by atoms with E-state index in [1.54, 1.807) is 0 Å². The first-order valence-electron chi connectivity index (χ1n) is 8.27. The largest absolute Gasteiger partial charge is 0.379 e. The molecule has 1 aliphatic rings. The summed E-state index contributed by atoms with van der Waals surface area (Å²) in [6.07, 6.45) is 0. The number of sulfonamides is 1. The topological polar surface area (TPSA) is 58.6 Å². The molecule has 0 saturated carbocycles. The Morgan fingerprint density at radius 2 is 1.73 bits per heavy atom. The molecule has 1 aliphatic heterocycles. The highest BCUT2D eigenvalue weighted by Gasteiger charge is 2.20. The SMILES string of the molecule is O=S(=O)(NCc1ccccc1CN1CCOCC1)c1ccc(F)cc1F. The highest BCUT2D eigenvalue weighted by Crippen LogP contribution is 2.17. The third-order valence-corrected chi connectivity index (χ3v) is 5.69. The van der Waals surface area contributed by atoms with Crippen LogP contribution in [0.2, 0.25) is 0 Å². The highest BCUT2D eigenvalue weighted by atomic mass is 32.2. The van der Waals surface area contributed by atoms with Crippen molar-refractivity contribution in [1.82, 2.24) is 9.62 Å². The number of halogens is 2. The fraction of sp³-hybridized carbons (Fsp3) is 0.333. The van der Waals surface area contributed by atoms with Gasteiger partial charge in [-0.1, -0.05) is 24.3 Å². The summed E-state index contributed by atoms with van der Waals surface area (Å²) in [6, 6.07) is 9.90. The van der Waals surface area contributed by atoms with Gasteiger partial charge in [-0.2, -0.15) is 0 Å². The molecule has 1 fully saturated rings. The smallest absolute Gasteiger partial charge is 0.243 e. The number of rotatable bonds is 6. The molecule has 1 N–H and O–H groups in total. The van der Waals surface area contributed by atoms with E-state index >= 15 is 0 Å². The van der Waals surface area contributed by atoms with Gasteiger partial charge in [0.1, 0.15) is 16.5 Å². The lowest BCUT2D eigenvalue weighted by Gasteiger charge is -2.27. The number of hydrogen-bond acceptors (Lipinski definition) is 4. The quantitative estimate of drug-likeness (QED) is 0.833. The zero-order valence-electron chi connectivity index (χ0n) is 14.1. The zero-order valence-corrected chi connectivity index (χ0v) is 14.9. The summed E-state index contributed by atoms with van der Waals surface area (Å²) < 4.78 is 59.2. The highest BCUT2D eigenvalue weighted by molar-refractivity contribution is 7.89. The maximum atomic E-state index is 13.8. The van der Waals surface area contributed by atoms with Crippen molar-refractivity contribution in [3.05, 3.63) is 65.2 Å². The van der Waals surface area contributed by atoms with Crippen molar-refractivity contribution < 1.29 is 21.9 Å². The predicted octanol–water partition coefficient (Wildman–Crippen LogP) is 2.28. The molecule has 0 unspecified atom stereocenters. The molecule has 0 atom stereocenters. The van der Waals surface area contributed by atoms with Crippen molar-refractivity contribution in [3.8, 4) is 0 Å². The summed E-state index contributed by atoms with van der Waals surface area (Å²) in [5.74, 6) is -1.93. The van der Waals surface area contributed by atoms with Crippen molar-refractivity contribution in [3.63, 3.8) is 0 Å². The van der Waals surface area contributed by atoms with Crippen LogP contribution < -0.4 is 4.72 Å². The van der Waals surface area contributed by atoms with E-state index in [2.05, 4.69) is 9.62 Å². The van der Waals surface area contributed by atoms with Crippen LogP contribution in [0.5, 0.6) is 0 Å². The van der Waals surface area contributed by atoms with Crippen LogP contribution in [0.15, 0.2) is 47.4 Å². The van der Waals surface area contributed by atoms with Crippen molar-refractivity contribution >= 4 is 10.0 Å². The molecule has 1 saturated heterocycles. The molecule has 8 heteroatoms. The maximum absolute atomic E-state index is 13.8. The molecule has 0 aromatic heterocycles. The molecule has 2 aromatic carbocycles. The molecular formula is C18H20F2N2O3S. The van der Waals surface area contributed by atoms with Gasteiger partial charge in [-0.3, -0.25) is 4.90 Å². The molecule has 2 aromatic rings. The Morgan fingerprint density at radius 3 is 2.42 bits per heavy atom. The number of nitrogens with one attached hydrogen (secondary N) is 1. The summed E-state index contributed by atoms with van der Waals surface area (Å²) in [5.41, 5.74) is 1.81. The monoisotopic (exact) mass is 382 g/mol. The van der Waals surface area contributed by atoms with Gasteiger partial charge in [-0.05, 0) is 23.3 Å². The van der Waals surface area contributed by atoms with E-state index in [9.17, 15) is 17.2 Å². The summed E-state index contributed by atoms with van der Waals surface area (Å²) in [7, 11) is -4.08. The Bertz CT molecular complexity index is 868. The van der Waals surface area contributed by atoms with E-state index in [0.29, 0.717) is 25.8 Å². The molecule has 3 rings (SSSR count). The Labute approximate surface area is 151 Å². The molecule has 0 aliphatic carbocycles. The lowest BCUT2D eigenvalue weighted by Crippen LogP contribution is -2.36. The Morgan fingerprint density at radius 1 is 1.04 bits per heavy atom. The first-order valence-corrected chi connectivity index (χ1v) is 9.75. The van der Waals surface area contributed by atoms with E-state index in [4.69, 9.17) is 4.74 Å². The van der Waals surface area contributed by atoms with E-state index < -0.39 is 26.6 Å². The van der Waals surface area contributed by atoms with Gasteiger partial charge in [0.15, 0.2) is 0 Å². The van der Waals surface area contributed by atoms with Gasteiger partial charge in [0.2, 0.25) is 10.0 Å². The van der Waals surface area contributed by atoms with Gasteiger partial charge in [-0.25, -0.2) is 21.9 Å². The minimum Gasteiger partial charge on any atom is -0.379 e. The molecule has 140 valence electrons. The Balaban J connectivity index is 1.72. The van der Waals surface area contributed by atoms with Crippen molar-refractivity contribution in [2.45, 2.75) is 18.0 Å². The van der Waals surface area contributed by atoms with Crippen molar-refractivity contribution in [2.75, 3.05) is 26.3 Å². The number of nitrogens with zero attached hydrogens (tertiary/aromatic N) is 1. The summed E-state index contributed by atoms with van der Waals surface area (Å²) in [4.78, 5) is 1.67. The second kappa shape index (κ2) is 8.22. The van der Waals surface area contributed by atoms with Crippen LogP contribution in [0.3, 0.4) is 0 Å². The third kappa shape index (κ3) is 4.64. The van der Waals surface area contributed by atoms with Gasteiger partial charge < -0.3 is 4.74 Å². The van der Waals surface area contributed by atoms with Crippen LogP contribution >= 0.6 is 0 Å². The molecule has 0 amide bonds. The third-order valence-electron chi connectivity index (χ3n) is 4.25. The fourth-order valence-corrected chi connectivity index (χ4v) is 3.89. The Kier molecular flexibility index (Phi) is 5.98. The zero-order chi connectivity index (χ0) is 18.6. The van der Waals surface area contributed by atoms with Crippen LogP contribution in [0.4, 0.5) is 8.78 Å². The minimum atomic E-state index is -4.08. The van der Waals surface area contributed by atoms with Crippen LogP contribution in [-0.4, -0.2) is 39.6 Å². The van der Waals surface area contributed by atoms with E-state index in [0.717, 1.165) is 36.3 Å². The normalized spacial score (nSPS) is 15.9. The van der Waals surface area contributed by atoms with E-state index in [-0.39, 0.29) is 6.54 Å². The van der Waals surface area contributed by atoms with E-state index in [1.165, 1.54) is 0 Å². The average Bonchev–Trinajstić information content (AvgIpc) is 2.61. The predicted molar refractivity (Wildman–Crippen MR) is 92.9 cm³/mol. The first-order chi connectivity index (χ1) is 12.5. The van der Waals surface area contributed by atoms with E-state index in [1.807, 2.05) is 24.3 Å². The standard InChI is InChI=1S/C18H20F2N2O3S/c19-16-5-6-18(17(20)11-16)26(23,24)21-12-14-3-1-2-4-15(14)13-22-7-9-25-10-8-22/h1-6,11,21H,7-10,12-13H2. The molecule has 0 bridgehead atoms. The first kappa shape index (κ1) is 18.9.